The number of para-hydroxylation sites is 1. The monoisotopic (exact) mass is 988 g/mol. The molecule has 3 aliphatic rings. The minimum Gasteiger partial charge on any atom is -0.311 e. The fourth-order valence-corrected chi connectivity index (χ4v) is 13.5. The summed E-state index contributed by atoms with van der Waals surface area (Å²) in [4.78, 5) is 7.68. The van der Waals surface area contributed by atoms with Gasteiger partial charge in [-0.2, -0.15) is 0 Å². The van der Waals surface area contributed by atoms with Gasteiger partial charge in [0.05, 0.1) is 28.1 Å². The fraction of sp³-hybridized carbons (Fsp3) is 0.111. The molecule has 0 saturated heterocycles. The van der Waals surface area contributed by atoms with Crippen molar-refractivity contribution in [1.29, 1.82) is 0 Å². The zero-order valence-electron chi connectivity index (χ0n) is 44.7. The third kappa shape index (κ3) is 6.66. The van der Waals surface area contributed by atoms with Crippen LogP contribution in [-0.4, -0.2) is 11.3 Å². The average molecular weight is 989 g/mol. The van der Waals surface area contributed by atoms with Gasteiger partial charge in [-0.15, -0.1) is 0 Å². The molecule has 1 aromatic heterocycles. The van der Waals surface area contributed by atoms with Crippen LogP contribution in [0.3, 0.4) is 0 Å². The van der Waals surface area contributed by atoms with Gasteiger partial charge in [-0.3, -0.25) is 0 Å². The van der Waals surface area contributed by atoms with Crippen molar-refractivity contribution in [2.24, 2.45) is 0 Å². The van der Waals surface area contributed by atoms with Crippen LogP contribution < -0.4 is 31.1 Å². The minimum atomic E-state index is -0.302. The van der Waals surface area contributed by atoms with Crippen LogP contribution in [0.25, 0.3) is 49.4 Å². The van der Waals surface area contributed by atoms with Gasteiger partial charge in [0, 0.05) is 61.6 Å². The van der Waals surface area contributed by atoms with E-state index in [0.717, 1.165) is 34.1 Å². The smallest absolute Gasteiger partial charge is 0.252 e. The molecule has 0 amide bonds. The summed E-state index contributed by atoms with van der Waals surface area (Å²) in [5.41, 5.74) is 28.9. The lowest BCUT2D eigenvalue weighted by molar-refractivity contribution is 0.660. The first-order valence-corrected chi connectivity index (χ1v) is 27.2. The van der Waals surface area contributed by atoms with E-state index in [0.29, 0.717) is 0 Å². The molecule has 0 bridgehead atoms. The predicted molar refractivity (Wildman–Crippen MR) is 328 cm³/mol. The Kier molecular flexibility index (Phi) is 9.85. The van der Waals surface area contributed by atoms with Gasteiger partial charge in [0.2, 0.25) is 0 Å². The normalized spacial score (nSPS) is 13.7. The van der Waals surface area contributed by atoms with Crippen molar-refractivity contribution in [1.82, 2.24) is 4.57 Å². The summed E-state index contributed by atoms with van der Waals surface area (Å²) in [6, 6.07) is 83.3. The molecule has 0 radical (unpaired) electrons. The molecule has 12 aromatic rings. The van der Waals surface area contributed by atoms with E-state index >= 15 is 0 Å². The number of anilines is 9. The molecule has 0 N–H and O–H groups in total. The molecule has 3 heterocycles. The van der Waals surface area contributed by atoms with E-state index in [9.17, 15) is 0 Å². The lowest BCUT2D eigenvalue weighted by Crippen LogP contribution is -2.62. The number of hydrogen-bond donors (Lipinski definition) is 0. The number of hydrogen-bond acceptors (Lipinski definition) is 3. The van der Waals surface area contributed by atoms with Crippen LogP contribution in [-0.2, 0) is 5.41 Å². The van der Waals surface area contributed by atoms with Gasteiger partial charge in [-0.25, -0.2) is 0 Å². The highest BCUT2D eigenvalue weighted by atomic mass is 15.2. The molecule has 368 valence electrons. The van der Waals surface area contributed by atoms with Crippen molar-refractivity contribution in [2.75, 3.05) is 14.7 Å². The van der Waals surface area contributed by atoms with Gasteiger partial charge in [-0.05, 0) is 157 Å². The first-order chi connectivity index (χ1) is 37.5. The second kappa shape index (κ2) is 16.7. The van der Waals surface area contributed by atoms with Gasteiger partial charge in [0.25, 0.3) is 6.71 Å². The summed E-state index contributed by atoms with van der Waals surface area (Å²) in [5, 5.41) is 5.02. The van der Waals surface area contributed by atoms with Crippen LogP contribution in [0.4, 0.5) is 51.2 Å². The Labute approximate surface area is 451 Å². The van der Waals surface area contributed by atoms with Crippen molar-refractivity contribution in [3.8, 4) is 16.8 Å². The highest BCUT2D eigenvalue weighted by molar-refractivity contribution is 7.00. The second-order valence-corrected chi connectivity index (χ2v) is 22.5. The topological polar surface area (TPSA) is 14.7 Å². The van der Waals surface area contributed by atoms with Crippen molar-refractivity contribution in [3.05, 3.63) is 257 Å². The summed E-state index contributed by atoms with van der Waals surface area (Å²) in [5.74, 6) is 0. The molecular formula is C72H57BN4. The number of nitrogens with zero attached hydrogens (tertiary/aromatic N) is 4. The molecule has 0 saturated carbocycles. The second-order valence-electron chi connectivity index (χ2n) is 22.5. The molecule has 4 nitrogen and oxygen atoms in total. The van der Waals surface area contributed by atoms with Gasteiger partial charge >= 0.3 is 0 Å². The quantitative estimate of drug-likeness (QED) is 0.154. The first-order valence-electron chi connectivity index (χ1n) is 27.2. The average Bonchev–Trinajstić information content (AvgIpc) is 4.11. The predicted octanol–water partition coefficient (Wildman–Crippen LogP) is 17.3. The van der Waals surface area contributed by atoms with Crippen molar-refractivity contribution in [2.45, 2.75) is 53.9 Å². The van der Waals surface area contributed by atoms with Crippen LogP contribution in [0, 0.1) is 34.6 Å². The van der Waals surface area contributed by atoms with Crippen LogP contribution in [0.15, 0.2) is 218 Å². The van der Waals surface area contributed by atoms with Crippen molar-refractivity contribution < 1.29 is 0 Å². The molecule has 0 fully saturated rings. The van der Waals surface area contributed by atoms with Gasteiger partial charge in [0.15, 0.2) is 0 Å². The van der Waals surface area contributed by atoms with Crippen LogP contribution in [0.5, 0.6) is 0 Å². The Bertz CT molecular complexity index is 4370. The number of benzene rings is 11. The third-order valence-electron chi connectivity index (χ3n) is 17.2. The summed E-state index contributed by atoms with van der Waals surface area (Å²) < 4.78 is 2.66. The maximum absolute atomic E-state index is 2.66. The molecule has 77 heavy (non-hydrogen) atoms. The maximum Gasteiger partial charge on any atom is 0.252 e. The van der Waals surface area contributed by atoms with E-state index in [2.05, 4.69) is 286 Å². The number of rotatable bonds is 6. The number of fused-ring (bicyclic) bond motifs is 12. The largest absolute Gasteiger partial charge is 0.311 e. The van der Waals surface area contributed by atoms with Gasteiger partial charge in [-0.1, -0.05) is 181 Å². The summed E-state index contributed by atoms with van der Waals surface area (Å²) in [7, 11) is 0. The molecule has 0 unspecified atom stereocenters. The minimum absolute atomic E-state index is 0.132. The molecule has 0 spiro atoms. The molecule has 11 aromatic carbocycles. The standard InChI is InChI=1S/C72H57BN4/c1-44-20-30-50(31-21-44)74(51-32-22-45(2)23-33-51)54-41-65-69-66(42-54)76(53-36-26-47(4)27-37-53)70-61(73(69)60-40-48(5)28-38-63(60)75(65)52-34-24-46(3)25-35-52)43-59-68(56-16-10-12-18-58(56)72(59,6)7)71(70)77-62-19-13-11-17-57(62)67-55-15-9-8-14-49(55)29-39-64(67)77/h8-43H,1-7H3. The fourth-order valence-electron chi connectivity index (χ4n) is 13.5. The van der Waals surface area contributed by atoms with Crippen LogP contribution >= 0.6 is 0 Å². The highest BCUT2D eigenvalue weighted by Crippen LogP contribution is 2.57. The lowest BCUT2D eigenvalue weighted by atomic mass is 9.33. The van der Waals surface area contributed by atoms with E-state index in [1.165, 1.54) is 122 Å². The highest BCUT2D eigenvalue weighted by Gasteiger charge is 2.49. The van der Waals surface area contributed by atoms with Crippen LogP contribution in [0.2, 0.25) is 0 Å². The zero-order chi connectivity index (χ0) is 52.0. The molecule has 1 aliphatic carbocycles. The molecular weight excluding hydrogens is 932 g/mol. The van der Waals surface area contributed by atoms with E-state index in [4.69, 9.17) is 0 Å². The maximum atomic E-state index is 2.66. The van der Waals surface area contributed by atoms with E-state index in [1.54, 1.807) is 0 Å². The first kappa shape index (κ1) is 45.3. The zero-order valence-corrected chi connectivity index (χ0v) is 44.7. The van der Waals surface area contributed by atoms with E-state index in [1.807, 2.05) is 0 Å². The number of aromatic nitrogens is 1. The van der Waals surface area contributed by atoms with Gasteiger partial charge < -0.3 is 19.3 Å². The molecule has 5 heteroatoms. The summed E-state index contributed by atoms with van der Waals surface area (Å²) >= 11 is 0. The Morgan fingerprint density at radius 1 is 0.403 bits per heavy atom. The lowest BCUT2D eigenvalue weighted by Gasteiger charge is -2.46. The van der Waals surface area contributed by atoms with Crippen molar-refractivity contribution >= 4 is 107 Å². The molecule has 15 rings (SSSR count). The van der Waals surface area contributed by atoms with E-state index in [-0.39, 0.29) is 12.1 Å². The summed E-state index contributed by atoms with van der Waals surface area (Å²) in [6.07, 6.45) is 0. The van der Waals surface area contributed by atoms with E-state index < -0.39 is 0 Å². The Morgan fingerprint density at radius 2 is 0.961 bits per heavy atom. The third-order valence-corrected chi connectivity index (χ3v) is 17.2. The van der Waals surface area contributed by atoms with Crippen LogP contribution in [0.1, 0.15) is 52.8 Å². The Morgan fingerprint density at radius 3 is 1.64 bits per heavy atom. The van der Waals surface area contributed by atoms with Gasteiger partial charge in [0.1, 0.15) is 0 Å². The Balaban J connectivity index is 1.16. The number of aryl methyl sites for hydroxylation is 5. The molecule has 2 aliphatic heterocycles. The molecule has 0 atom stereocenters. The SMILES string of the molecule is Cc1ccc(N(c2ccc(C)cc2)c2cc3c4c(c2)N(c2ccc(C)cc2)c2c(cc5c(c2-n2c6ccccc6c6c7ccccc7ccc62)-c2ccccc2C5(C)C)B4c2cc(C)ccc2N3c2ccc(C)cc2)cc1. The Hall–Kier alpha value is -9.06. The summed E-state index contributed by atoms with van der Waals surface area (Å²) in [6.45, 7) is 15.7. The van der Waals surface area contributed by atoms with Crippen molar-refractivity contribution in [3.63, 3.8) is 0 Å².